The predicted molar refractivity (Wildman–Crippen MR) is 40.0 cm³/mol. The van der Waals surface area contributed by atoms with Crippen molar-refractivity contribution < 1.29 is 0 Å². The number of nitrogens with zero attached hydrogens (tertiary/aromatic N) is 3. The number of fused-ring (bicyclic) bond motifs is 1. The normalized spacial score (nSPS) is 10.3. The molecule has 0 unspecified atom stereocenters. The third-order valence-corrected chi connectivity index (χ3v) is 1.38. The highest BCUT2D eigenvalue weighted by Crippen LogP contribution is 2.14. The molecule has 0 aliphatic heterocycles. The molecule has 2 N–H and O–H groups in total. The molecule has 0 saturated carbocycles. The van der Waals surface area contributed by atoms with Crippen LogP contribution in [0.1, 0.15) is 0 Å². The molecule has 0 bridgehead atoms. The number of rotatable bonds is 1. The van der Waals surface area contributed by atoms with Crippen molar-refractivity contribution in [3.05, 3.63) is 21.7 Å². The number of H-pyrrole nitrogens is 2. The second-order valence-corrected chi connectivity index (χ2v) is 2.08. The van der Waals surface area contributed by atoms with Gasteiger partial charge >= 0.3 is 5.69 Å². The Kier molecular flexibility index (Phi) is 1.23. The van der Waals surface area contributed by atoms with Crippen molar-refractivity contribution in [1.82, 2.24) is 19.9 Å². The number of nitroso groups, excluding NO2 is 1. The van der Waals surface area contributed by atoms with Gasteiger partial charge < -0.3 is 4.98 Å². The van der Waals surface area contributed by atoms with E-state index in [4.69, 9.17) is 0 Å². The van der Waals surface area contributed by atoms with Crippen LogP contribution in [0.3, 0.4) is 0 Å². The van der Waals surface area contributed by atoms with Crippen LogP contribution in [0.5, 0.6) is 0 Å². The Balaban J connectivity index is 2.98. The number of hydrogen-bond acceptors (Lipinski definition) is 5. The Morgan fingerprint density at radius 2 is 2.33 bits per heavy atom. The molecule has 0 atom stereocenters. The third-order valence-electron chi connectivity index (χ3n) is 1.38. The minimum atomic E-state index is -0.635. The van der Waals surface area contributed by atoms with Crippen molar-refractivity contribution in [3.8, 4) is 0 Å². The second kappa shape index (κ2) is 2.22. The van der Waals surface area contributed by atoms with E-state index in [0.717, 1.165) is 0 Å². The van der Waals surface area contributed by atoms with Crippen LogP contribution in [-0.4, -0.2) is 19.9 Å². The van der Waals surface area contributed by atoms with Gasteiger partial charge in [-0.25, -0.2) is 9.78 Å². The van der Waals surface area contributed by atoms with E-state index < -0.39 is 5.69 Å². The first kappa shape index (κ1) is 6.65. The minimum Gasteiger partial charge on any atom is -0.340 e. The van der Waals surface area contributed by atoms with E-state index in [9.17, 15) is 9.70 Å². The van der Waals surface area contributed by atoms with Gasteiger partial charge in [0.05, 0.1) is 6.33 Å². The Morgan fingerprint density at radius 1 is 1.50 bits per heavy atom. The van der Waals surface area contributed by atoms with Gasteiger partial charge in [0.15, 0.2) is 5.65 Å². The van der Waals surface area contributed by atoms with Gasteiger partial charge in [-0.2, -0.15) is 4.98 Å². The first-order valence-corrected chi connectivity index (χ1v) is 3.08. The maximum absolute atomic E-state index is 10.7. The van der Waals surface area contributed by atoms with E-state index in [2.05, 4.69) is 25.1 Å². The van der Waals surface area contributed by atoms with Crippen molar-refractivity contribution in [2.24, 2.45) is 5.18 Å². The van der Waals surface area contributed by atoms with Gasteiger partial charge in [-0.15, -0.1) is 4.91 Å². The highest BCUT2D eigenvalue weighted by atomic mass is 16.3. The lowest BCUT2D eigenvalue weighted by molar-refractivity contribution is 1.09. The fourth-order valence-electron chi connectivity index (χ4n) is 0.902. The minimum absolute atomic E-state index is 0.0810. The molecule has 0 saturated heterocycles. The second-order valence-electron chi connectivity index (χ2n) is 2.08. The average Bonchev–Trinajstić information content (AvgIpc) is 2.50. The van der Waals surface area contributed by atoms with Crippen LogP contribution in [0.25, 0.3) is 11.2 Å². The lowest BCUT2D eigenvalue weighted by atomic mass is 10.5. The monoisotopic (exact) mass is 165 g/mol. The van der Waals surface area contributed by atoms with E-state index in [1.165, 1.54) is 6.33 Å². The molecule has 0 aliphatic carbocycles. The van der Waals surface area contributed by atoms with Crippen molar-refractivity contribution in [2.75, 3.05) is 0 Å². The standard InChI is InChI=1S/C5H3N5O2/c11-5-8-3-2(6-1-7-3)4(9-5)10-12/h1H,(H2,6,7,8,9,11). The summed E-state index contributed by atoms with van der Waals surface area (Å²) in [5.74, 6) is -0.0810. The molecule has 0 aliphatic rings. The molecule has 0 spiro atoms. The summed E-state index contributed by atoms with van der Waals surface area (Å²) < 4.78 is 0. The van der Waals surface area contributed by atoms with Crippen LogP contribution in [0.15, 0.2) is 16.3 Å². The van der Waals surface area contributed by atoms with Crippen molar-refractivity contribution in [1.29, 1.82) is 0 Å². The number of hydrogen-bond donors (Lipinski definition) is 2. The Morgan fingerprint density at radius 3 is 3.08 bits per heavy atom. The van der Waals surface area contributed by atoms with E-state index in [-0.39, 0.29) is 11.5 Å². The maximum Gasteiger partial charge on any atom is 0.348 e. The van der Waals surface area contributed by atoms with Gasteiger partial charge in [0.1, 0.15) is 5.52 Å². The molecule has 2 aromatic heterocycles. The Bertz CT molecular complexity index is 484. The molecule has 0 radical (unpaired) electrons. The zero-order chi connectivity index (χ0) is 8.55. The van der Waals surface area contributed by atoms with Gasteiger partial charge in [0, 0.05) is 0 Å². The predicted octanol–water partition coefficient (Wildman–Crippen LogP) is 0.0441. The molecular formula is C5H3N5O2. The average molecular weight is 165 g/mol. The summed E-state index contributed by atoms with van der Waals surface area (Å²) in [7, 11) is 0. The number of aromatic nitrogens is 4. The molecular weight excluding hydrogens is 162 g/mol. The fraction of sp³-hybridized carbons (Fsp3) is 0. The summed E-state index contributed by atoms with van der Waals surface area (Å²) in [6, 6.07) is 0. The summed E-state index contributed by atoms with van der Waals surface area (Å²) in [4.78, 5) is 32.9. The molecule has 7 heteroatoms. The molecule has 12 heavy (non-hydrogen) atoms. The summed E-state index contributed by atoms with van der Waals surface area (Å²) in [6.45, 7) is 0. The quantitative estimate of drug-likeness (QED) is 0.582. The van der Waals surface area contributed by atoms with Crippen molar-refractivity contribution in [3.63, 3.8) is 0 Å². The van der Waals surface area contributed by atoms with E-state index in [1.54, 1.807) is 0 Å². The summed E-state index contributed by atoms with van der Waals surface area (Å²) >= 11 is 0. The number of imidazole rings is 1. The van der Waals surface area contributed by atoms with Gasteiger partial charge in [-0.3, -0.25) is 4.98 Å². The van der Waals surface area contributed by atoms with E-state index in [0.29, 0.717) is 5.52 Å². The summed E-state index contributed by atoms with van der Waals surface area (Å²) in [5, 5.41) is 2.61. The lowest BCUT2D eigenvalue weighted by Gasteiger charge is -1.88. The SMILES string of the molecule is O=Nc1[nH]c(=O)nc2nc[nH]c12. The maximum atomic E-state index is 10.7. The van der Waals surface area contributed by atoms with Crippen LogP contribution >= 0.6 is 0 Å². The molecule has 2 aromatic rings. The van der Waals surface area contributed by atoms with Crippen LogP contribution in [0, 0.1) is 4.91 Å². The highest BCUT2D eigenvalue weighted by Gasteiger charge is 2.05. The third kappa shape index (κ3) is 0.797. The Labute approximate surface area is 64.8 Å². The molecule has 0 amide bonds. The molecule has 7 nitrogen and oxygen atoms in total. The first-order valence-electron chi connectivity index (χ1n) is 3.08. The smallest absolute Gasteiger partial charge is 0.340 e. The largest absolute Gasteiger partial charge is 0.348 e. The summed E-state index contributed by atoms with van der Waals surface area (Å²) in [5.41, 5.74) is -0.109. The van der Waals surface area contributed by atoms with Gasteiger partial charge in [-0.1, -0.05) is 0 Å². The van der Waals surface area contributed by atoms with Crippen molar-refractivity contribution in [2.45, 2.75) is 0 Å². The van der Waals surface area contributed by atoms with Crippen LogP contribution in [0.4, 0.5) is 5.82 Å². The lowest BCUT2D eigenvalue weighted by Crippen LogP contribution is -2.09. The van der Waals surface area contributed by atoms with Crippen LogP contribution < -0.4 is 5.69 Å². The molecule has 60 valence electrons. The molecule has 2 heterocycles. The highest BCUT2D eigenvalue weighted by molar-refractivity contribution is 5.79. The first-order chi connectivity index (χ1) is 5.81. The summed E-state index contributed by atoms with van der Waals surface area (Å²) in [6.07, 6.45) is 1.33. The van der Waals surface area contributed by atoms with Crippen LogP contribution in [0.2, 0.25) is 0 Å². The number of nitrogens with one attached hydrogen (secondary N) is 2. The fourth-order valence-corrected chi connectivity index (χ4v) is 0.902. The van der Waals surface area contributed by atoms with Gasteiger partial charge in [0.2, 0.25) is 5.82 Å². The van der Waals surface area contributed by atoms with Gasteiger partial charge in [0.25, 0.3) is 0 Å². The van der Waals surface area contributed by atoms with E-state index >= 15 is 0 Å². The Hall–Kier alpha value is -2.05. The van der Waals surface area contributed by atoms with Gasteiger partial charge in [-0.05, 0) is 5.18 Å². The topological polar surface area (TPSA) is 104 Å². The van der Waals surface area contributed by atoms with Crippen LogP contribution in [-0.2, 0) is 0 Å². The zero-order valence-electron chi connectivity index (χ0n) is 5.74. The zero-order valence-corrected chi connectivity index (χ0v) is 5.74. The molecule has 0 fully saturated rings. The number of aromatic amines is 2. The van der Waals surface area contributed by atoms with Crippen molar-refractivity contribution >= 4 is 17.0 Å². The van der Waals surface area contributed by atoms with E-state index in [1.807, 2.05) is 0 Å². The molecule has 0 aromatic carbocycles. The molecule has 2 rings (SSSR count).